The summed E-state index contributed by atoms with van der Waals surface area (Å²) in [5.41, 5.74) is 5.64. The summed E-state index contributed by atoms with van der Waals surface area (Å²) in [6, 6.07) is 7.17. The first-order valence-corrected chi connectivity index (χ1v) is 5.35. The number of methoxy groups -OCH3 is 1. The number of oxime groups is 1. The number of amidine groups is 1. The molecule has 98 valence electrons. The zero-order valence-corrected chi connectivity index (χ0v) is 10.1. The van der Waals surface area contributed by atoms with Gasteiger partial charge in [-0.2, -0.15) is 0 Å². The van der Waals surface area contributed by atoms with Gasteiger partial charge in [0.2, 0.25) is 5.88 Å². The molecule has 0 radical (unpaired) electrons. The normalized spacial score (nSPS) is 11.1. The second kappa shape index (κ2) is 5.67. The Labute approximate surface area is 109 Å². The summed E-state index contributed by atoms with van der Waals surface area (Å²) in [7, 11) is 1.55. The molecule has 0 saturated heterocycles. The Morgan fingerprint density at radius 3 is 2.53 bits per heavy atom. The SMILES string of the molecule is COc1ccccc1Oc1cnc(C(N)=NO)cn1. The van der Waals surface area contributed by atoms with Gasteiger partial charge in [-0.25, -0.2) is 9.97 Å². The van der Waals surface area contributed by atoms with Gasteiger partial charge in [-0.3, -0.25) is 0 Å². The standard InChI is InChI=1S/C12H12N4O3/c1-18-9-4-2-3-5-10(9)19-11-7-14-8(6-15-11)12(13)16-17/h2-7,17H,1H3,(H2,13,16). The molecule has 0 aliphatic carbocycles. The summed E-state index contributed by atoms with van der Waals surface area (Å²) in [5, 5.41) is 11.3. The van der Waals surface area contributed by atoms with Crippen molar-refractivity contribution in [3.8, 4) is 17.4 Å². The Morgan fingerprint density at radius 1 is 1.21 bits per heavy atom. The molecule has 0 unspecified atom stereocenters. The van der Waals surface area contributed by atoms with Crippen molar-refractivity contribution >= 4 is 5.84 Å². The lowest BCUT2D eigenvalue weighted by Crippen LogP contribution is -2.15. The topological polar surface area (TPSA) is 103 Å². The van der Waals surface area contributed by atoms with E-state index in [0.29, 0.717) is 11.5 Å². The monoisotopic (exact) mass is 260 g/mol. The Kier molecular flexibility index (Phi) is 3.77. The van der Waals surface area contributed by atoms with E-state index >= 15 is 0 Å². The van der Waals surface area contributed by atoms with Gasteiger partial charge in [0.1, 0.15) is 5.69 Å². The van der Waals surface area contributed by atoms with Crippen molar-refractivity contribution in [3.05, 3.63) is 42.4 Å². The van der Waals surface area contributed by atoms with Crippen LogP contribution in [0.2, 0.25) is 0 Å². The molecule has 0 bridgehead atoms. The average Bonchev–Trinajstić information content (AvgIpc) is 2.48. The fraction of sp³-hybridized carbons (Fsp3) is 0.0833. The largest absolute Gasteiger partial charge is 0.493 e. The van der Waals surface area contributed by atoms with Crippen LogP contribution in [0.15, 0.2) is 41.8 Å². The molecule has 0 saturated carbocycles. The summed E-state index contributed by atoms with van der Waals surface area (Å²) in [6.07, 6.45) is 2.72. The fourth-order valence-corrected chi connectivity index (χ4v) is 1.37. The fourth-order valence-electron chi connectivity index (χ4n) is 1.37. The third kappa shape index (κ3) is 2.89. The number of hydrogen-bond donors (Lipinski definition) is 2. The van der Waals surface area contributed by atoms with Crippen molar-refractivity contribution in [2.45, 2.75) is 0 Å². The van der Waals surface area contributed by atoms with E-state index in [1.165, 1.54) is 12.4 Å². The predicted molar refractivity (Wildman–Crippen MR) is 67.6 cm³/mol. The lowest BCUT2D eigenvalue weighted by atomic mass is 10.3. The molecule has 0 atom stereocenters. The summed E-state index contributed by atoms with van der Waals surface area (Å²) in [4.78, 5) is 7.96. The number of benzene rings is 1. The number of aromatic nitrogens is 2. The number of ether oxygens (including phenoxy) is 2. The number of hydrogen-bond acceptors (Lipinski definition) is 6. The molecule has 1 heterocycles. The Morgan fingerprint density at radius 2 is 1.95 bits per heavy atom. The van der Waals surface area contributed by atoms with Gasteiger partial charge in [-0.1, -0.05) is 17.3 Å². The lowest BCUT2D eigenvalue weighted by molar-refractivity contribution is 0.318. The van der Waals surface area contributed by atoms with Gasteiger partial charge in [0.25, 0.3) is 0 Å². The van der Waals surface area contributed by atoms with Crippen LogP contribution in [0.3, 0.4) is 0 Å². The highest BCUT2D eigenvalue weighted by Crippen LogP contribution is 2.29. The second-order valence-corrected chi connectivity index (χ2v) is 3.48. The summed E-state index contributed by atoms with van der Waals surface area (Å²) < 4.78 is 10.7. The van der Waals surface area contributed by atoms with Gasteiger partial charge in [0.15, 0.2) is 17.3 Å². The highest BCUT2D eigenvalue weighted by atomic mass is 16.5. The van der Waals surface area contributed by atoms with Crippen LogP contribution in [0.25, 0.3) is 0 Å². The van der Waals surface area contributed by atoms with E-state index in [4.69, 9.17) is 20.4 Å². The van der Waals surface area contributed by atoms with Gasteiger partial charge in [0.05, 0.1) is 19.5 Å². The minimum absolute atomic E-state index is 0.114. The Balaban J connectivity index is 2.20. The highest BCUT2D eigenvalue weighted by Gasteiger charge is 2.07. The molecule has 1 aromatic heterocycles. The van der Waals surface area contributed by atoms with Crippen molar-refractivity contribution in [1.82, 2.24) is 9.97 Å². The average molecular weight is 260 g/mol. The molecule has 0 fully saturated rings. The Bertz CT molecular complexity index is 584. The third-order valence-corrected chi connectivity index (χ3v) is 2.28. The molecular formula is C12H12N4O3. The van der Waals surface area contributed by atoms with Crippen molar-refractivity contribution < 1.29 is 14.7 Å². The van der Waals surface area contributed by atoms with E-state index in [1.807, 2.05) is 12.1 Å². The molecular weight excluding hydrogens is 248 g/mol. The van der Waals surface area contributed by atoms with Gasteiger partial charge in [-0.05, 0) is 12.1 Å². The van der Waals surface area contributed by atoms with Crippen LogP contribution in [0.4, 0.5) is 0 Å². The van der Waals surface area contributed by atoms with Gasteiger partial charge >= 0.3 is 0 Å². The molecule has 19 heavy (non-hydrogen) atoms. The third-order valence-electron chi connectivity index (χ3n) is 2.28. The van der Waals surface area contributed by atoms with Crippen LogP contribution in [-0.2, 0) is 0 Å². The maximum Gasteiger partial charge on any atom is 0.238 e. The van der Waals surface area contributed by atoms with E-state index in [9.17, 15) is 0 Å². The van der Waals surface area contributed by atoms with E-state index in [-0.39, 0.29) is 17.4 Å². The van der Waals surface area contributed by atoms with Crippen LogP contribution in [0, 0.1) is 0 Å². The van der Waals surface area contributed by atoms with E-state index in [2.05, 4.69) is 15.1 Å². The maximum absolute atomic E-state index is 8.51. The quantitative estimate of drug-likeness (QED) is 0.372. The minimum Gasteiger partial charge on any atom is -0.493 e. The smallest absolute Gasteiger partial charge is 0.238 e. The molecule has 0 aliphatic rings. The molecule has 3 N–H and O–H groups in total. The molecule has 7 heteroatoms. The highest BCUT2D eigenvalue weighted by molar-refractivity contribution is 5.94. The van der Waals surface area contributed by atoms with Gasteiger partial charge in [-0.15, -0.1) is 0 Å². The van der Waals surface area contributed by atoms with Crippen LogP contribution >= 0.6 is 0 Å². The van der Waals surface area contributed by atoms with Gasteiger partial charge in [0, 0.05) is 0 Å². The zero-order chi connectivity index (χ0) is 13.7. The summed E-state index contributed by atoms with van der Waals surface area (Å²) in [6.45, 7) is 0. The van der Waals surface area contributed by atoms with Crippen LogP contribution in [-0.4, -0.2) is 28.1 Å². The number of nitrogens with two attached hydrogens (primary N) is 1. The lowest BCUT2D eigenvalue weighted by Gasteiger charge is -2.08. The first kappa shape index (κ1) is 12.6. The van der Waals surface area contributed by atoms with Crippen molar-refractivity contribution in [3.63, 3.8) is 0 Å². The molecule has 0 spiro atoms. The van der Waals surface area contributed by atoms with E-state index < -0.39 is 0 Å². The van der Waals surface area contributed by atoms with Crippen molar-refractivity contribution in [1.29, 1.82) is 0 Å². The van der Waals surface area contributed by atoms with Gasteiger partial charge < -0.3 is 20.4 Å². The first-order chi connectivity index (χ1) is 9.24. The van der Waals surface area contributed by atoms with Crippen molar-refractivity contribution in [2.24, 2.45) is 10.9 Å². The Hall–Kier alpha value is -2.83. The number of para-hydroxylation sites is 2. The molecule has 7 nitrogen and oxygen atoms in total. The summed E-state index contributed by atoms with van der Waals surface area (Å²) >= 11 is 0. The zero-order valence-electron chi connectivity index (χ0n) is 10.1. The molecule has 0 aliphatic heterocycles. The molecule has 1 aromatic carbocycles. The molecule has 2 rings (SSSR count). The van der Waals surface area contributed by atoms with Crippen molar-refractivity contribution in [2.75, 3.05) is 7.11 Å². The van der Waals surface area contributed by atoms with Crippen LogP contribution < -0.4 is 15.2 Å². The van der Waals surface area contributed by atoms with Crippen LogP contribution in [0.5, 0.6) is 17.4 Å². The number of rotatable bonds is 4. The van der Waals surface area contributed by atoms with E-state index in [1.54, 1.807) is 19.2 Å². The molecule has 2 aromatic rings. The second-order valence-electron chi connectivity index (χ2n) is 3.48. The predicted octanol–water partition coefficient (Wildman–Crippen LogP) is 1.37. The minimum atomic E-state index is -0.114. The maximum atomic E-state index is 8.51. The number of nitrogens with zero attached hydrogens (tertiary/aromatic N) is 3. The summed E-state index contributed by atoms with van der Waals surface area (Å²) in [5.74, 6) is 1.27. The van der Waals surface area contributed by atoms with E-state index in [0.717, 1.165) is 0 Å². The first-order valence-electron chi connectivity index (χ1n) is 5.35. The van der Waals surface area contributed by atoms with Crippen LogP contribution in [0.1, 0.15) is 5.69 Å². The molecule has 0 amide bonds.